The molecule has 0 bridgehead atoms. The number of hydrogen-bond donors (Lipinski definition) is 1. The number of fused-ring (bicyclic) bond motifs is 1. The van der Waals surface area contributed by atoms with E-state index in [1.54, 1.807) is 7.11 Å². The molecule has 0 aromatic heterocycles. The van der Waals surface area contributed by atoms with Gasteiger partial charge in [0.05, 0.1) is 19.8 Å². The molecule has 0 saturated heterocycles. The number of nitrogens with one attached hydrogen (secondary N) is 1. The topological polar surface area (TPSA) is 30.5 Å². The summed E-state index contributed by atoms with van der Waals surface area (Å²) in [6.07, 6.45) is 0.932. The number of rotatable bonds is 3. The highest BCUT2D eigenvalue weighted by molar-refractivity contribution is 9.10. The highest BCUT2D eigenvalue weighted by Crippen LogP contribution is 2.37. The van der Waals surface area contributed by atoms with Crippen LogP contribution in [0.3, 0.4) is 0 Å². The Labute approximate surface area is 127 Å². The highest BCUT2D eigenvalue weighted by atomic mass is 79.9. The van der Waals surface area contributed by atoms with Crippen molar-refractivity contribution in [3.8, 4) is 11.5 Å². The Hall–Kier alpha value is -1.68. The van der Waals surface area contributed by atoms with Crippen molar-refractivity contribution in [2.24, 2.45) is 0 Å². The maximum absolute atomic E-state index is 5.71. The molecule has 0 fully saturated rings. The van der Waals surface area contributed by atoms with Crippen LogP contribution in [0.5, 0.6) is 11.5 Å². The van der Waals surface area contributed by atoms with Crippen LogP contribution in [0.4, 0.5) is 5.69 Å². The monoisotopic (exact) mass is 333 g/mol. The molecule has 4 heteroatoms. The quantitative estimate of drug-likeness (QED) is 0.903. The van der Waals surface area contributed by atoms with E-state index in [-0.39, 0.29) is 6.04 Å². The molecule has 1 N–H and O–H groups in total. The summed E-state index contributed by atoms with van der Waals surface area (Å²) >= 11 is 3.57. The molecule has 1 aliphatic heterocycles. The molecule has 0 spiro atoms. The largest absolute Gasteiger partial charge is 0.497 e. The lowest BCUT2D eigenvalue weighted by molar-refractivity contribution is 0.273. The first-order valence-electron chi connectivity index (χ1n) is 6.60. The average molecular weight is 334 g/mol. The number of methoxy groups -OCH3 is 1. The average Bonchev–Trinajstić information content (AvgIpc) is 2.49. The highest BCUT2D eigenvalue weighted by Gasteiger charge is 2.22. The molecule has 20 heavy (non-hydrogen) atoms. The molecule has 1 aliphatic rings. The van der Waals surface area contributed by atoms with Crippen LogP contribution in [0.2, 0.25) is 0 Å². The van der Waals surface area contributed by atoms with Gasteiger partial charge in [-0.3, -0.25) is 0 Å². The van der Waals surface area contributed by atoms with Crippen LogP contribution in [0, 0.1) is 0 Å². The first-order chi connectivity index (χ1) is 9.78. The smallest absolute Gasteiger partial charge is 0.124 e. The third-order valence-electron chi connectivity index (χ3n) is 3.46. The van der Waals surface area contributed by atoms with Gasteiger partial charge in [0.2, 0.25) is 0 Å². The second-order valence-electron chi connectivity index (χ2n) is 4.72. The van der Waals surface area contributed by atoms with Gasteiger partial charge < -0.3 is 14.8 Å². The third-order valence-corrected chi connectivity index (χ3v) is 4.15. The number of benzene rings is 2. The van der Waals surface area contributed by atoms with E-state index >= 15 is 0 Å². The van der Waals surface area contributed by atoms with Crippen LogP contribution in [-0.2, 0) is 0 Å². The summed E-state index contributed by atoms with van der Waals surface area (Å²) in [6, 6.07) is 14.3. The fourth-order valence-corrected chi connectivity index (χ4v) is 2.81. The van der Waals surface area contributed by atoms with E-state index in [0.29, 0.717) is 0 Å². The molecule has 0 radical (unpaired) electrons. The zero-order chi connectivity index (χ0) is 13.9. The van der Waals surface area contributed by atoms with E-state index in [9.17, 15) is 0 Å². The third kappa shape index (κ3) is 2.61. The van der Waals surface area contributed by atoms with Crippen molar-refractivity contribution in [2.75, 3.05) is 19.0 Å². The summed E-state index contributed by atoms with van der Waals surface area (Å²) in [5.74, 6) is 1.79. The summed E-state index contributed by atoms with van der Waals surface area (Å²) in [6.45, 7) is 0.724. The Morgan fingerprint density at radius 1 is 1.25 bits per heavy atom. The molecule has 1 heterocycles. The van der Waals surface area contributed by atoms with Crippen LogP contribution in [0.1, 0.15) is 18.0 Å². The van der Waals surface area contributed by atoms with Gasteiger partial charge in [-0.2, -0.15) is 0 Å². The van der Waals surface area contributed by atoms with Gasteiger partial charge in [0.25, 0.3) is 0 Å². The molecule has 1 atom stereocenters. The van der Waals surface area contributed by atoms with Gasteiger partial charge in [-0.05, 0) is 46.3 Å². The summed E-state index contributed by atoms with van der Waals surface area (Å²) in [4.78, 5) is 0. The summed E-state index contributed by atoms with van der Waals surface area (Å²) < 4.78 is 12.1. The van der Waals surface area contributed by atoms with Gasteiger partial charge in [-0.1, -0.05) is 12.1 Å². The minimum atomic E-state index is 0.229. The number of halogens is 1. The van der Waals surface area contributed by atoms with Gasteiger partial charge in [-0.15, -0.1) is 0 Å². The molecule has 0 amide bonds. The zero-order valence-corrected chi connectivity index (χ0v) is 12.8. The van der Waals surface area contributed by atoms with Gasteiger partial charge >= 0.3 is 0 Å². The Morgan fingerprint density at radius 2 is 2.10 bits per heavy atom. The normalized spacial score (nSPS) is 17.0. The molecule has 3 rings (SSSR count). The van der Waals surface area contributed by atoms with Gasteiger partial charge in [-0.25, -0.2) is 0 Å². The lowest BCUT2D eigenvalue weighted by atomic mass is 10.00. The van der Waals surface area contributed by atoms with E-state index in [2.05, 4.69) is 27.3 Å². The van der Waals surface area contributed by atoms with E-state index < -0.39 is 0 Å². The summed E-state index contributed by atoms with van der Waals surface area (Å²) in [7, 11) is 1.68. The maximum Gasteiger partial charge on any atom is 0.124 e. The fraction of sp³-hybridized carbons (Fsp3) is 0.250. The summed E-state index contributed by atoms with van der Waals surface area (Å²) in [5, 5.41) is 3.57. The molecule has 2 aromatic carbocycles. The molecule has 2 aromatic rings. The van der Waals surface area contributed by atoms with Crippen LogP contribution >= 0.6 is 15.9 Å². The van der Waals surface area contributed by atoms with Crippen molar-refractivity contribution in [3.63, 3.8) is 0 Å². The predicted octanol–water partition coefficient (Wildman–Crippen LogP) is 4.39. The first-order valence-corrected chi connectivity index (χ1v) is 7.39. The fourth-order valence-electron chi connectivity index (χ4n) is 2.42. The van der Waals surface area contributed by atoms with Crippen LogP contribution in [-0.4, -0.2) is 13.7 Å². The number of ether oxygens (including phenoxy) is 2. The molecular formula is C16H16BrNO2. The number of anilines is 1. The van der Waals surface area contributed by atoms with E-state index in [4.69, 9.17) is 9.47 Å². The Balaban J connectivity index is 1.91. The minimum Gasteiger partial charge on any atom is -0.497 e. The van der Waals surface area contributed by atoms with Crippen LogP contribution in [0.25, 0.3) is 0 Å². The minimum absolute atomic E-state index is 0.229. The summed E-state index contributed by atoms with van der Waals surface area (Å²) in [5.41, 5.74) is 2.24. The van der Waals surface area contributed by atoms with Gasteiger partial charge in [0.15, 0.2) is 0 Å². The number of hydrogen-bond acceptors (Lipinski definition) is 3. The van der Waals surface area contributed by atoms with E-state index in [1.807, 2.05) is 36.4 Å². The van der Waals surface area contributed by atoms with E-state index in [1.165, 1.54) is 0 Å². The Bertz CT molecular complexity index is 615. The molecule has 0 aliphatic carbocycles. The van der Waals surface area contributed by atoms with Crippen LogP contribution < -0.4 is 14.8 Å². The second kappa shape index (κ2) is 5.75. The zero-order valence-electron chi connectivity index (χ0n) is 11.2. The molecular weight excluding hydrogens is 318 g/mol. The lowest BCUT2D eigenvalue weighted by Gasteiger charge is -2.28. The van der Waals surface area contributed by atoms with E-state index in [0.717, 1.165) is 40.3 Å². The van der Waals surface area contributed by atoms with Crippen molar-refractivity contribution < 1.29 is 9.47 Å². The SMILES string of the molecule is COc1ccc2c(c1)C(Nc1ccccc1Br)CCO2. The van der Waals surface area contributed by atoms with Crippen molar-refractivity contribution in [3.05, 3.63) is 52.5 Å². The van der Waals surface area contributed by atoms with Crippen molar-refractivity contribution >= 4 is 21.6 Å². The number of para-hydroxylation sites is 1. The molecule has 0 saturated carbocycles. The van der Waals surface area contributed by atoms with Crippen LogP contribution in [0.15, 0.2) is 46.9 Å². The van der Waals surface area contributed by atoms with Crippen molar-refractivity contribution in [1.82, 2.24) is 0 Å². The first kappa shape index (κ1) is 13.3. The van der Waals surface area contributed by atoms with Gasteiger partial charge in [0, 0.05) is 22.1 Å². The lowest BCUT2D eigenvalue weighted by Crippen LogP contribution is -2.20. The van der Waals surface area contributed by atoms with Crippen molar-refractivity contribution in [2.45, 2.75) is 12.5 Å². The molecule has 104 valence electrons. The standard InChI is InChI=1S/C16H16BrNO2/c1-19-11-6-7-16-12(10-11)14(8-9-20-16)18-15-5-3-2-4-13(15)17/h2-7,10,14,18H,8-9H2,1H3. The predicted molar refractivity (Wildman–Crippen MR) is 83.6 cm³/mol. The Kier molecular flexibility index (Phi) is 3.83. The van der Waals surface area contributed by atoms with Crippen molar-refractivity contribution in [1.29, 1.82) is 0 Å². The molecule has 1 unspecified atom stereocenters. The molecule has 3 nitrogen and oxygen atoms in total. The second-order valence-corrected chi connectivity index (χ2v) is 5.57. The maximum atomic E-state index is 5.71. The van der Waals surface area contributed by atoms with Gasteiger partial charge in [0.1, 0.15) is 11.5 Å². The Morgan fingerprint density at radius 3 is 2.90 bits per heavy atom.